The van der Waals surface area contributed by atoms with Gasteiger partial charge in [-0.3, -0.25) is 10.1 Å². The second-order valence-corrected chi connectivity index (χ2v) is 4.24. The van der Waals surface area contributed by atoms with Crippen LogP contribution in [0, 0.1) is 6.92 Å². The molecule has 2 N–H and O–H groups in total. The van der Waals surface area contributed by atoms with Gasteiger partial charge in [-0.1, -0.05) is 17.7 Å². The summed E-state index contributed by atoms with van der Waals surface area (Å²) in [5.41, 5.74) is 1.36. The summed E-state index contributed by atoms with van der Waals surface area (Å²) < 4.78 is 5.08. The van der Waals surface area contributed by atoms with Crippen molar-refractivity contribution in [2.24, 2.45) is 0 Å². The van der Waals surface area contributed by atoms with E-state index in [0.717, 1.165) is 5.56 Å². The SMILES string of the molecule is CCOc1n[nH]c(NC(=O)c2ccc(C)cc2Cl)n1. The quantitative estimate of drug-likeness (QED) is 0.901. The number of aromatic nitrogens is 3. The van der Waals surface area contributed by atoms with Gasteiger partial charge >= 0.3 is 6.01 Å². The molecule has 100 valence electrons. The molecule has 0 saturated carbocycles. The Bertz CT molecular complexity index is 597. The van der Waals surface area contributed by atoms with Crippen molar-refractivity contribution in [2.75, 3.05) is 11.9 Å². The van der Waals surface area contributed by atoms with Gasteiger partial charge in [-0.25, -0.2) is 5.10 Å². The van der Waals surface area contributed by atoms with Crippen molar-refractivity contribution in [2.45, 2.75) is 13.8 Å². The molecule has 1 aromatic carbocycles. The molecular formula is C12H13ClN4O2. The monoisotopic (exact) mass is 280 g/mol. The number of rotatable bonds is 4. The second-order valence-electron chi connectivity index (χ2n) is 3.84. The Labute approximate surface area is 115 Å². The summed E-state index contributed by atoms with van der Waals surface area (Å²) in [6.45, 7) is 4.17. The van der Waals surface area contributed by atoms with E-state index < -0.39 is 0 Å². The van der Waals surface area contributed by atoms with Crippen LogP contribution in [0.4, 0.5) is 5.95 Å². The van der Waals surface area contributed by atoms with E-state index in [4.69, 9.17) is 16.3 Å². The standard InChI is InChI=1S/C12H13ClN4O2/c1-3-19-12-15-11(16-17-12)14-10(18)8-5-4-7(2)6-9(8)13/h4-6H,3H2,1-2H3,(H2,14,15,16,17,18). The first-order valence-corrected chi connectivity index (χ1v) is 6.10. The predicted octanol–water partition coefficient (Wildman–Crippen LogP) is 2.42. The first kappa shape index (κ1) is 13.4. The van der Waals surface area contributed by atoms with Gasteiger partial charge in [-0.05, 0) is 31.5 Å². The molecule has 7 heteroatoms. The van der Waals surface area contributed by atoms with Gasteiger partial charge in [0.15, 0.2) is 0 Å². The lowest BCUT2D eigenvalue weighted by atomic mass is 10.1. The first-order chi connectivity index (χ1) is 9.10. The van der Waals surface area contributed by atoms with Crippen molar-refractivity contribution >= 4 is 23.5 Å². The first-order valence-electron chi connectivity index (χ1n) is 5.73. The molecule has 0 aliphatic rings. The zero-order chi connectivity index (χ0) is 13.8. The number of amides is 1. The van der Waals surface area contributed by atoms with E-state index in [1.807, 2.05) is 19.9 Å². The zero-order valence-corrected chi connectivity index (χ0v) is 11.3. The maximum Gasteiger partial charge on any atom is 0.337 e. The molecule has 6 nitrogen and oxygen atoms in total. The number of anilines is 1. The molecule has 1 amide bonds. The number of ether oxygens (including phenoxy) is 1. The van der Waals surface area contributed by atoms with Crippen molar-refractivity contribution in [1.82, 2.24) is 15.2 Å². The third-order valence-corrected chi connectivity index (χ3v) is 2.65. The third-order valence-electron chi connectivity index (χ3n) is 2.34. The Morgan fingerprint density at radius 2 is 2.32 bits per heavy atom. The van der Waals surface area contributed by atoms with Gasteiger partial charge in [0.05, 0.1) is 17.2 Å². The topological polar surface area (TPSA) is 79.9 Å². The van der Waals surface area contributed by atoms with E-state index in [1.165, 1.54) is 0 Å². The van der Waals surface area contributed by atoms with E-state index in [1.54, 1.807) is 12.1 Å². The zero-order valence-electron chi connectivity index (χ0n) is 10.5. The molecule has 0 spiro atoms. The van der Waals surface area contributed by atoms with Gasteiger partial charge in [0, 0.05) is 0 Å². The highest BCUT2D eigenvalue weighted by molar-refractivity contribution is 6.34. The Morgan fingerprint density at radius 3 is 3.00 bits per heavy atom. The molecule has 0 aliphatic carbocycles. The van der Waals surface area contributed by atoms with Crippen LogP contribution in [0.25, 0.3) is 0 Å². The molecule has 0 atom stereocenters. The van der Waals surface area contributed by atoms with Gasteiger partial charge in [0.1, 0.15) is 0 Å². The fourth-order valence-electron chi connectivity index (χ4n) is 1.48. The van der Waals surface area contributed by atoms with Crippen molar-refractivity contribution < 1.29 is 9.53 Å². The van der Waals surface area contributed by atoms with E-state index in [2.05, 4.69) is 20.5 Å². The van der Waals surface area contributed by atoms with Crippen LogP contribution in [-0.4, -0.2) is 27.7 Å². The van der Waals surface area contributed by atoms with Crippen molar-refractivity contribution in [3.05, 3.63) is 34.3 Å². The van der Waals surface area contributed by atoms with Crippen LogP contribution in [0.15, 0.2) is 18.2 Å². The Balaban J connectivity index is 2.11. The van der Waals surface area contributed by atoms with E-state index in [0.29, 0.717) is 17.2 Å². The minimum Gasteiger partial charge on any atom is -0.463 e. The molecule has 0 saturated heterocycles. The summed E-state index contributed by atoms with van der Waals surface area (Å²) in [5.74, 6) is -0.144. The number of nitrogens with zero attached hydrogens (tertiary/aromatic N) is 2. The fraction of sp³-hybridized carbons (Fsp3) is 0.250. The number of hydrogen-bond acceptors (Lipinski definition) is 4. The predicted molar refractivity (Wildman–Crippen MR) is 71.7 cm³/mol. The number of aromatic amines is 1. The minimum atomic E-state index is -0.357. The molecule has 1 aromatic heterocycles. The van der Waals surface area contributed by atoms with Crippen molar-refractivity contribution in [3.63, 3.8) is 0 Å². The van der Waals surface area contributed by atoms with E-state index in [9.17, 15) is 4.79 Å². The highest BCUT2D eigenvalue weighted by Crippen LogP contribution is 2.18. The Hall–Kier alpha value is -2.08. The number of benzene rings is 1. The molecule has 0 bridgehead atoms. The minimum absolute atomic E-state index is 0.188. The lowest BCUT2D eigenvalue weighted by Crippen LogP contribution is -2.13. The summed E-state index contributed by atoms with van der Waals surface area (Å²) in [7, 11) is 0. The third kappa shape index (κ3) is 3.23. The number of carbonyl (C=O) groups is 1. The van der Waals surface area contributed by atoms with Crippen LogP contribution in [0.3, 0.4) is 0 Å². The maximum atomic E-state index is 12.0. The normalized spacial score (nSPS) is 10.3. The summed E-state index contributed by atoms with van der Waals surface area (Å²) >= 11 is 6.01. The van der Waals surface area contributed by atoms with Gasteiger partial charge in [0.25, 0.3) is 5.91 Å². The number of H-pyrrole nitrogens is 1. The number of carbonyl (C=O) groups excluding carboxylic acids is 1. The number of hydrogen-bond donors (Lipinski definition) is 2. The molecule has 1 heterocycles. The Kier molecular flexibility index (Phi) is 4.01. The second kappa shape index (κ2) is 5.71. The van der Waals surface area contributed by atoms with Crippen LogP contribution >= 0.6 is 11.6 Å². The molecule has 2 rings (SSSR count). The number of nitrogens with one attached hydrogen (secondary N) is 2. The lowest BCUT2D eigenvalue weighted by molar-refractivity contribution is 0.102. The molecule has 0 aliphatic heterocycles. The number of halogens is 1. The summed E-state index contributed by atoms with van der Waals surface area (Å²) in [6.07, 6.45) is 0. The molecular weight excluding hydrogens is 268 g/mol. The van der Waals surface area contributed by atoms with Gasteiger partial charge in [-0.15, -0.1) is 5.10 Å². The van der Waals surface area contributed by atoms with Crippen LogP contribution in [-0.2, 0) is 0 Å². The highest BCUT2D eigenvalue weighted by atomic mass is 35.5. The maximum absolute atomic E-state index is 12.0. The van der Waals surface area contributed by atoms with E-state index in [-0.39, 0.29) is 17.9 Å². The molecule has 2 aromatic rings. The summed E-state index contributed by atoms with van der Waals surface area (Å²) in [6, 6.07) is 5.38. The smallest absolute Gasteiger partial charge is 0.337 e. The molecule has 0 fully saturated rings. The van der Waals surface area contributed by atoms with Crippen molar-refractivity contribution in [1.29, 1.82) is 0 Å². The van der Waals surface area contributed by atoms with Crippen molar-refractivity contribution in [3.8, 4) is 6.01 Å². The van der Waals surface area contributed by atoms with Gasteiger partial charge in [-0.2, -0.15) is 4.98 Å². The summed E-state index contributed by atoms with van der Waals surface area (Å²) in [4.78, 5) is 15.9. The Morgan fingerprint density at radius 1 is 1.53 bits per heavy atom. The molecule has 0 radical (unpaired) electrons. The highest BCUT2D eigenvalue weighted by Gasteiger charge is 2.13. The largest absolute Gasteiger partial charge is 0.463 e. The molecule has 19 heavy (non-hydrogen) atoms. The number of aryl methyl sites for hydroxylation is 1. The van der Waals surface area contributed by atoms with Crippen LogP contribution < -0.4 is 10.1 Å². The van der Waals surface area contributed by atoms with Crippen LogP contribution in [0.1, 0.15) is 22.8 Å². The summed E-state index contributed by atoms with van der Waals surface area (Å²) in [5, 5.41) is 9.30. The van der Waals surface area contributed by atoms with Crippen LogP contribution in [0.2, 0.25) is 5.02 Å². The average molecular weight is 281 g/mol. The lowest BCUT2D eigenvalue weighted by Gasteiger charge is -2.04. The van der Waals surface area contributed by atoms with Crippen LogP contribution in [0.5, 0.6) is 6.01 Å². The van der Waals surface area contributed by atoms with E-state index >= 15 is 0 Å². The average Bonchev–Trinajstić information content (AvgIpc) is 2.76. The van der Waals surface area contributed by atoms with Gasteiger partial charge < -0.3 is 4.74 Å². The van der Waals surface area contributed by atoms with Gasteiger partial charge in [0.2, 0.25) is 5.95 Å². The molecule has 0 unspecified atom stereocenters. The fourth-order valence-corrected chi connectivity index (χ4v) is 1.80.